The van der Waals surface area contributed by atoms with Gasteiger partial charge >= 0.3 is 5.97 Å². The molecule has 9 heteroatoms. The minimum absolute atomic E-state index is 0.125. The quantitative estimate of drug-likeness (QED) is 0.332. The van der Waals surface area contributed by atoms with Crippen molar-refractivity contribution in [3.63, 3.8) is 0 Å². The van der Waals surface area contributed by atoms with E-state index in [0.717, 1.165) is 48.6 Å². The van der Waals surface area contributed by atoms with E-state index in [9.17, 15) is 4.79 Å². The first kappa shape index (κ1) is 21.2. The first-order valence-electron chi connectivity index (χ1n) is 10.4. The molecule has 32 heavy (non-hydrogen) atoms. The third-order valence-electron chi connectivity index (χ3n) is 5.21. The van der Waals surface area contributed by atoms with Crippen molar-refractivity contribution in [2.24, 2.45) is 5.73 Å². The predicted molar refractivity (Wildman–Crippen MR) is 122 cm³/mol. The highest BCUT2D eigenvalue weighted by atomic mass is 16.5. The van der Waals surface area contributed by atoms with Gasteiger partial charge in [-0.3, -0.25) is 15.2 Å². The summed E-state index contributed by atoms with van der Waals surface area (Å²) in [6.45, 7) is 3.59. The van der Waals surface area contributed by atoms with E-state index in [-0.39, 0.29) is 18.9 Å². The van der Waals surface area contributed by atoms with E-state index in [1.807, 2.05) is 48.9 Å². The lowest BCUT2D eigenvalue weighted by atomic mass is 10.1. The number of hydrogen-bond donors (Lipinski definition) is 2. The van der Waals surface area contributed by atoms with Crippen molar-refractivity contribution in [2.45, 2.75) is 13.0 Å². The Balaban J connectivity index is 1.36. The summed E-state index contributed by atoms with van der Waals surface area (Å²) in [4.78, 5) is 29.4. The highest BCUT2D eigenvalue weighted by Gasteiger charge is 2.19. The SMILES string of the molecule is N=C(N)CC(=O)OCc1cccc(-c2cnc(N3CCN(c4cccnc4)CC3)nc2)c1. The molecule has 0 spiro atoms. The largest absolute Gasteiger partial charge is 0.460 e. The van der Waals surface area contributed by atoms with E-state index >= 15 is 0 Å². The zero-order valence-corrected chi connectivity index (χ0v) is 17.6. The molecule has 4 rings (SSSR count). The molecule has 0 atom stereocenters. The van der Waals surface area contributed by atoms with Gasteiger partial charge in [-0.25, -0.2) is 9.97 Å². The fraction of sp³-hybridized carbons (Fsp3) is 0.261. The molecular formula is C23H25N7O2. The highest BCUT2D eigenvalue weighted by Crippen LogP contribution is 2.22. The van der Waals surface area contributed by atoms with E-state index in [0.29, 0.717) is 5.95 Å². The molecular weight excluding hydrogens is 406 g/mol. The van der Waals surface area contributed by atoms with Crippen molar-refractivity contribution in [2.75, 3.05) is 36.0 Å². The molecule has 0 radical (unpaired) electrons. The second-order valence-corrected chi connectivity index (χ2v) is 7.52. The van der Waals surface area contributed by atoms with Crippen molar-refractivity contribution < 1.29 is 9.53 Å². The predicted octanol–water partition coefficient (Wildman–Crippen LogP) is 2.23. The molecule has 0 amide bonds. The van der Waals surface area contributed by atoms with Crippen LogP contribution in [0.15, 0.2) is 61.2 Å². The smallest absolute Gasteiger partial charge is 0.313 e. The molecule has 1 fully saturated rings. The van der Waals surface area contributed by atoms with Gasteiger partial charge in [0.25, 0.3) is 0 Å². The Morgan fingerprint density at radius 2 is 1.75 bits per heavy atom. The zero-order valence-electron chi connectivity index (χ0n) is 17.6. The Hall–Kier alpha value is -4.01. The first-order chi connectivity index (χ1) is 15.6. The van der Waals surface area contributed by atoms with E-state index in [1.54, 1.807) is 6.20 Å². The summed E-state index contributed by atoms with van der Waals surface area (Å²) in [5, 5.41) is 7.15. The molecule has 1 aromatic carbocycles. The summed E-state index contributed by atoms with van der Waals surface area (Å²) in [6.07, 6.45) is 7.10. The fourth-order valence-electron chi connectivity index (χ4n) is 3.55. The molecule has 0 bridgehead atoms. The van der Waals surface area contributed by atoms with Gasteiger partial charge in [0.15, 0.2) is 0 Å². The number of amidine groups is 1. The normalized spacial score (nSPS) is 13.6. The number of pyridine rings is 1. The first-order valence-corrected chi connectivity index (χ1v) is 10.4. The van der Waals surface area contributed by atoms with E-state index in [2.05, 4.69) is 30.8 Å². The van der Waals surface area contributed by atoms with Crippen LogP contribution in [0.2, 0.25) is 0 Å². The van der Waals surface area contributed by atoms with Crippen LogP contribution in [0.4, 0.5) is 11.6 Å². The second kappa shape index (κ2) is 9.86. The van der Waals surface area contributed by atoms with Gasteiger partial charge in [0.2, 0.25) is 5.95 Å². The third kappa shape index (κ3) is 5.37. The van der Waals surface area contributed by atoms with Gasteiger partial charge in [-0.05, 0) is 29.3 Å². The van der Waals surface area contributed by atoms with Crippen LogP contribution in [-0.2, 0) is 16.1 Å². The summed E-state index contributed by atoms with van der Waals surface area (Å²) in [7, 11) is 0. The molecule has 1 aliphatic rings. The van der Waals surface area contributed by atoms with E-state index in [4.69, 9.17) is 15.9 Å². The van der Waals surface area contributed by atoms with Crippen molar-refractivity contribution in [1.82, 2.24) is 15.0 Å². The minimum Gasteiger partial charge on any atom is -0.460 e. The van der Waals surface area contributed by atoms with Gasteiger partial charge in [0.05, 0.1) is 11.9 Å². The summed E-state index contributed by atoms with van der Waals surface area (Å²) in [5.74, 6) is -0.00686. The van der Waals surface area contributed by atoms with Gasteiger partial charge in [0.1, 0.15) is 18.9 Å². The van der Waals surface area contributed by atoms with Crippen LogP contribution in [-0.4, -0.2) is 52.9 Å². The van der Waals surface area contributed by atoms with Crippen LogP contribution >= 0.6 is 0 Å². The number of hydrogen-bond acceptors (Lipinski definition) is 8. The number of rotatable bonds is 7. The Kier molecular flexibility index (Phi) is 6.54. The summed E-state index contributed by atoms with van der Waals surface area (Å²) >= 11 is 0. The molecule has 164 valence electrons. The molecule has 9 nitrogen and oxygen atoms in total. The number of esters is 1. The summed E-state index contributed by atoms with van der Waals surface area (Å²) < 4.78 is 5.16. The molecule has 1 aliphatic heterocycles. The maximum atomic E-state index is 11.6. The summed E-state index contributed by atoms with van der Waals surface area (Å²) in [5.41, 5.74) is 9.03. The standard InChI is InChI=1S/C23H25N7O2/c24-21(25)12-22(31)32-16-17-3-1-4-18(11-17)19-13-27-23(28-14-19)30-9-7-29(8-10-30)20-5-2-6-26-15-20/h1-6,11,13-15H,7-10,12,16H2,(H3,24,25). The lowest BCUT2D eigenvalue weighted by Gasteiger charge is -2.35. The average Bonchev–Trinajstić information content (AvgIpc) is 2.83. The lowest BCUT2D eigenvalue weighted by molar-refractivity contribution is -0.143. The average molecular weight is 432 g/mol. The highest BCUT2D eigenvalue weighted by molar-refractivity contribution is 5.94. The van der Waals surface area contributed by atoms with E-state index < -0.39 is 5.97 Å². The van der Waals surface area contributed by atoms with Crippen LogP contribution in [0.1, 0.15) is 12.0 Å². The fourth-order valence-corrected chi connectivity index (χ4v) is 3.55. The van der Waals surface area contributed by atoms with Gasteiger partial charge < -0.3 is 20.3 Å². The number of nitrogens with zero attached hydrogens (tertiary/aromatic N) is 5. The number of benzene rings is 1. The molecule has 0 saturated carbocycles. The molecule has 2 aromatic heterocycles. The van der Waals surface area contributed by atoms with Gasteiger partial charge in [-0.2, -0.15) is 0 Å². The Bertz CT molecular complexity index is 1070. The van der Waals surface area contributed by atoms with Crippen molar-refractivity contribution in [3.05, 3.63) is 66.7 Å². The number of nitrogens with two attached hydrogens (primary N) is 1. The number of carbonyl (C=O) groups is 1. The van der Waals surface area contributed by atoms with Gasteiger partial charge in [0, 0.05) is 50.3 Å². The zero-order chi connectivity index (χ0) is 22.3. The van der Waals surface area contributed by atoms with Crippen LogP contribution in [0, 0.1) is 5.41 Å². The Morgan fingerprint density at radius 1 is 1.00 bits per heavy atom. The molecule has 1 saturated heterocycles. The van der Waals surface area contributed by atoms with E-state index in [1.165, 1.54) is 0 Å². The summed E-state index contributed by atoms with van der Waals surface area (Å²) in [6, 6.07) is 11.7. The van der Waals surface area contributed by atoms with Crippen molar-refractivity contribution in [1.29, 1.82) is 5.41 Å². The van der Waals surface area contributed by atoms with Crippen molar-refractivity contribution in [3.8, 4) is 11.1 Å². The van der Waals surface area contributed by atoms with Crippen molar-refractivity contribution >= 4 is 23.4 Å². The number of ether oxygens (including phenoxy) is 1. The molecule has 3 N–H and O–H groups in total. The van der Waals surface area contributed by atoms with Crippen LogP contribution in [0.3, 0.4) is 0 Å². The molecule has 3 heterocycles. The Morgan fingerprint density at radius 3 is 2.44 bits per heavy atom. The number of aromatic nitrogens is 3. The Labute approximate surface area is 186 Å². The van der Waals surface area contributed by atoms with Gasteiger partial charge in [-0.15, -0.1) is 0 Å². The third-order valence-corrected chi connectivity index (χ3v) is 5.21. The maximum Gasteiger partial charge on any atom is 0.313 e. The van der Waals surface area contributed by atoms with Crippen LogP contribution in [0.5, 0.6) is 0 Å². The monoisotopic (exact) mass is 431 g/mol. The maximum absolute atomic E-state index is 11.6. The number of anilines is 2. The van der Waals surface area contributed by atoms with Crippen LogP contribution in [0.25, 0.3) is 11.1 Å². The molecule has 3 aromatic rings. The second-order valence-electron chi connectivity index (χ2n) is 7.52. The van der Waals surface area contributed by atoms with Gasteiger partial charge in [-0.1, -0.05) is 18.2 Å². The number of nitrogens with one attached hydrogen (secondary N) is 1. The minimum atomic E-state index is -0.515. The number of carbonyl (C=O) groups excluding carboxylic acids is 1. The lowest BCUT2D eigenvalue weighted by Crippen LogP contribution is -2.47. The van der Waals surface area contributed by atoms with Crippen LogP contribution < -0.4 is 15.5 Å². The molecule has 0 unspecified atom stereocenters. The number of piperazine rings is 1. The topological polar surface area (TPSA) is 121 Å². The molecule has 0 aliphatic carbocycles.